The van der Waals surface area contributed by atoms with Gasteiger partial charge in [0.05, 0.1) is 23.4 Å². The first-order valence-corrected chi connectivity index (χ1v) is 10.1. The van der Waals surface area contributed by atoms with E-state index in [2.05, 4.69) is 10.6 Å². The fraction of sp³-hybridized carbons (Fsp3) is 0.238. The molecular formula is C21H20Cl2N4O2. The topological polar surface area (TPSA) is 68.2 Å². The largest absolute Gasteiger partial charge is 0.489 e. The molecule has 29 heavy (non-hydrogen) atoms. The summed E-state index contributed by atoms with van der Waals surface area (Å²) in [5.41, 5.74) is 3.07. The van der Waals surface area contributed by atoms with Gasteiger partial charge in [-0.1, -0.05) is 47.5 Å². The van der Waals surface area contributed by atoms with Crippen LogP contribution in [0.2, 0.25) is 10.0 Å². The minimum Gasteiger partial charge on any atom is -0.489 e. The Hall–Kier alpha value is -2.70. The van der Waals surface area contributed by atoms with E-state index in [0.29, 0.717) is 28.1 Å². The third-order valence-corrected chi connectivity index (χ3v) is 5.38. The smallest absolute Gasteiger partial charge is 0.315 e. The van der Waals surface area contributed by atoms with Crippen LogP contribution in [0.1, 0.15) is 24.6 Å². The van der Waals surface area contributed by atoms with Gasteiger partial charge in [0, 0.05) is 17.6 Å². The monoisotopic (exact) mass is 430 g/mol. The Balaban J connectivity index is 1.93. The van der Waals surface area contributed by atoms with Crippen molar-refractivity contribution in [1.82, 2.24) is 20.4 Å². The van der Waals surface area contributed by atoms with Crippen LogP contribution in [-0.4, -0.2) is 29.5 Å². The maximum absolute atomic E-state index is 12.0. The molecule has 2 aromatic carbocycles. The lowest BCUT2D eigenvalue weighted by Crippen LogP contribution is -2.35. The molecule has 0 bridgehead atoms. The molecule has 150 valence electrons. The van der Waals surface area contributed by atoms with Crippen LogP contribution in [-0.2, 0) is 0 Å². The molecule has 0 spiro atoms. The third-order valence-electron chi connectivity index (χ3n) is 4.81. The number of ether oxygens (including phenoxy) is 1. The average molecular weight is 431 g/mol. The van der Waals surface area contributed by atoms with Gasteiger partial charge in [-0.15, -0.1) is 0 Å². The highest BCUT2D eigenvalue weighted by molar-refractivity contribution is 6.32. The first kappa shape index (κ1) is 19.6. The van der Waals surface area contributed by atoms with Crippen LogP contribution in [0.4, 0.5) is 4.79 Å². The maximum Gasteiger partial charge on any atom is 0.315 e. The molecule has 0 aliphatic carbocycles. The van der Waals surface area contributed by atoms with Crippen LogP contribution in [0.15, 0.2) is 48.5 Å². The second kappa shape index (κ2) is 8.35. The molecule has 8 heteroatoms. The van der Waals surface area contributed by atoms with Crippen molar-refractivity contribution in [3.8, 4) is 22.7 Å². The zero-order valence-electron chi connectivity index (χ0n) is 15.8. The number of aromatic nitrogens is 2. The summed E-state index contributed by atoms with van der Waals surface area (Å²) in [7, 11) is 1.59. The van der Waals surface area contributed by atoms with Crippen LogP contribution in [0, 0.1) is 0 Å². The molecule has 4 rings (SSSR count). The van der Waals surface area contributed by atoms with Crippen molar-refractivity contribution >= 4 is 29.2 Å². The average Bonchev–Trinajstić information content (AvgIpc) is 2.99. The van der Waals surface area contributed by atoms with E-state index >= 15 is 0 Å². The van der Waals surface area contributed by atoms with Gasteiger partial charge in [-0.05, 0) is 37.1 Å². The van der Waals surface area contributed by atoms with E-state index in [0.717, 1.165) is 29.8 Å². The number of nitrogens with zero attached hydrogens (tertiary/aromatic N) is 2. The number of amides is 2. The van der Waals surface area contributed by atoms with Crippen molar-refractivity contribution in [3.05, 3.63) is 64.3 Å². The van der Waals surface area contributed by atoms with Gasteiger partial charge in [0.1, 0.15) is 11.4 Å². The molecule has 0 radical (unpaired) electrons. The molecule has 1 aromatic heterocycles. The van der Waals surface area contributed by atoms with Crippen LogP contribution in [0.3, 0.4) is 0 Å². The summed E-state index contributed by atoms with van der Waals surface area (Å²) in [4.78, 5) is 12.0. The normalized spacial score (nSPS) is 15.8. The molecule has 2 N–H and O–H groups in total. The number of urea groups is 1. The first-order valence-electron chi connectivity index (χ1n) is 9.33. The molecule has 0 saturated carbocycles. The predicted molar refractivity (Wildman–Crippen MR) is 114 cm³/mol. The number of carbonyl (C=O) groups is 1. The molecule has 1 atom stereocenters. The Kier molecular flexibility index (Phi) is 5.65. The fourth-order valence-corrected chi connectivity index (χ4v) is 3.76. The molecule has 2 heterocycles. The molecule has 0 unspecified atom stereocenters. The maximum atomic E-state index is 12.0. The molecule has 2 amide bonds. The minimum absolute atomic E-state index is 0.261. The van der Waals surface area contributed by atoms with E-state index in [1.165, 1.54) is 0 Å². The van der Waals surface area contributed by atoms with Crippen molar-refractivity contribution in [3.63, 3.8) is 0 Å². The summed E-state index contributed by atoms with van der Waals surface area (Å²) in [6.45, 7) is 0.535. The Morgan fingerprint density at radius 3 is 2.66 bits per heavy atom. The number of halogens is 2. The third kappa shape index (κ3) is 3.91. The van der Waals surface area contributed by atoms with E-state index in [-0.39, 0.29) is 12.1 Å². The van der Waals surface area contributed by atoms with Gasteiger partial charge in [-0.25, -0.2) is 9.48 Å². The van der Waals surface area contributed by atoms with Crippen molar-refractivity contribution in [2.75, 3.05) is 13.7 Å². The van der Waals surface area contributed by atoms with Crippen LogP contribution >= 0.6 is 23.2 Å². The molecule has 1 aliphatic heterocycles. The lowest BCUT2D eigenvalue weighted by molar-refractivity contribution is 0.238. The van der Waals surface area contributed by atoms with Crippen LogP contribution in [0.25, 0.3) is 16.9 Å². The van der Waals surface area contributed by atoms with Crippen molar-refractivity contribution < 1.29 is 9.53 Å². The zero-order valence-corrected chi connectivity index (χ0v) is 17.3. The van der Waals surface area contributed by atoms with E-state index in [4.69, 9.17) is 33.0 Å². The zero-order chi connectivity index (χ0) is 20.4. The van der Waals surface area contributed by atoms with Gasteiger partial charge in [-0.2, -0.15) is 5.10 Å². The number of nitrogens with one attached hydrogen (secondary N) is 2. The number of rotatable bonds is 3. The standard InChI is InChI=1S/C21H20Cl2N4O2/c1-24-21(28)25-16-6-4-12-29-20-18(16)26-27(17-7-3-2-5-15(17)23)19(20)13-8-10-14(22)11-9-13/h2-3,5,7-11,16H,4,6,12H2,1H3,(H2,24,25,28)/t16-/m0/s1. The van der Waals surface area contributed by atoms with E-state index in [1.807, 2.05) is 48.5 Å². The molecule has 3 aromatic rings. The Bertz CT molecular complexity index is 1030. The van der Waals surface area contributed by atoms with E-state index in [9.17, 15) is 4.79 Å². The van der Waals surface area contributed by atoms with Gasteiger partial charge in [0.15, 0.2) is 5.75 Å². The SMILES string of the molecule is CNC(=O)N[C@H]1CCCOc2c1nn(-c1ccccc1Cl)c2-c1ccc(Cl)cc1. The van der Waals surface area contributed by atoms with Gasteiger partial charge >= 0.3 is 6.03 Å². The molecular weight excluding hydrogens is 411 g/mol. The van der Waals surface area contributed by atoms with Gasteiger partial charge in [0.25, 0.3) is 0 Å². The van der Waals surface area contributed by atoms with Crippen molar-refractivity contribution in [2.45, 2.75) is 18.9 Å². The Morgan fingerprint density at radius 2 is 1.93 bits per heavy atom. The highest BCUT2D eigenvalue weighted by atomic mass is 35.5. The number of para-hydroxylation sites is 1. The highest BCUT2D eigenvalue weighted by Crippen LogP contribution is 2.42. The number of hydrogen-bond acceptors (Lipinski definition) is 3. The second-order valence-electron chi connectivity index (χ2n) is 6.70. The molecule has 6 nitrogen and oxygen atoms in total. The number of carbonyl (C=O) groups excluding carboxylic acids is 1. The summed E-state index contributed by atoms with van der Waals surface area (Å²) in [5, 5.41) is 11.6. The highest BCUT2D eigenvalue weighted by Gasteiger charge is 2.30. The summed E-state index contributed by atoms with van der Waals surface area (Å²) >= 11 is 12.6. The van der Waals surface area contributed by atoms with Gasteiger partial charge in [0.2, 0.25) is 0 Å². The molecule has 0 fully saturated rings. The summed E-state index contributed by atoms with van der Waals surface area (Å²) < 4.78 is 7.90. The Morgan fingerprint density at radius 1 is 1.17 bits per heavy atom. The summed E-state index contributed by atoms with van der Waals surface area (Å²) in [6.07, 6.45) is 1.52. The number of hydrogen-bond donors (Lipinski definition) is 2. The lowest BCUT2D eigenvalue weighted by atomic mass is 10.1. The fourth-order valence-electron chi connectivity index (χ4n) is 3.42. The predicted octanol–water partition coefficient (Wildman–Crippen LogP) is 4.99. The van der Waals surface area contributed by atoms with E-state index < -0.39 is 0 Å². The second-order valence-corrected chi connectivity index (χ2v) is 7.54. The molecule has 1 aliphatic rings. The summed E-state index contributed by atoms with van der Waals surface area (Å²) in [5.74, 6) is 0.645. The summed E-state index contributed by atoms with van der Waals surface area (Å²) in [6, 6.07) is 14.4. The quantitative estimate of drug-likeness (QED) is 0.614. The Labute approximate surface area is 178 Å². The van der Waals surface area contributed by atoms with E-state index in [1.54, 1.807) is 11.7 Å². The van der Waals surface area contributed by atoms with Gasteiger partial charge in [-0.3, -0.25) is 0 Å². The number of fused-ring (bicyclic) bond motifs is 1. The first-order chi connectivity index (χ1) is 14.1. The van der Waals surface area contributed by atoms with Crippen molar-refractivity contribution in [1.29, 1.82) is 0 Å². The minimum atomic E-state index is -0.276. The van der Waals surface area contributed by atoms with Crippen LogP contribution in [0.5, 0.6) is 5.75 Å². The number of benzene rings is 2. The van der Waals surface area contributed by atoms with Gasteiger partial charge < -0.3 is 15.4 Å². The van der Waals surface area contributed by atoms with Crippen molar-refractivity contribution in [2.24, 2.45) is 0 Å². The molecule has 0 saturated heterocycles. The lowest BCUT2D eigenvalue weighted by Gasteiger charge is -2.14. The van der Waals surface area contributed by atoms with Crippen LogP contribution < -0.4 is 15.4 Å².